The lowest BCUT2D eigenvalue weighted by Crippen LogP contribution is -2.37. The average Bonchev–Trinajstić information content (AvgIpc) is 3.36. The number of methoxy groups -OCH3 is 1. The zero-order valence-electron chi connectivity index (χ0n) is 22.1. The molecule has 1 unspecified atom stereocenters. The third-order valence-corrected chi connectivity index (χ3v) is 7.08. The lowest BCUT2D eigenvalue weighted by molar-refractivity contribution is -0.137. The maximum Gasteiger partial charge on any atom is 0.423 e. The number of carbonyl (C=O) groups is 1. The van der Waals surface area contributed by atoms with Crippen LogP contribution in [0.4, 0.5) is 18.0 Å². The van der Waals surface area contributed by atoms with Crippen LogP contribution in [0.25, 0.3) is 0 Å². The number of likely N-dealkylation sites (tertiary alicyclic amines) is 1. The highest BCUT2D eigenvalue weighted by Crippen LogP contribution is 2.40. The van der Waals surface area contributed by atoms with Crippen LogP contribution in [-0.4, -0.2) is 77.4 Å². The summed E-state index contributed by atoms with van der Waals surface area (Å²) >= 11 is 6.07. The standard InChI is InChI=1S/C25H30ClF3N4O7S/c1-3-7-30-24(34)40-41(35,36)32-8-10-33-9-6-17(16-33)20-5-4-19(38-12-11-37-2)14-22(20)39-23-21(26)13-18(15-31-23)25(27,28)29/h3-5,13-15,17,32H,1,6-12,16H2,2H3,(H,30,34). The summed E-state index contributed by atoms with van der Waals surface area (Å²) in [4.78, 5) is 17.3. The number of hydrogen-bond acceptors (Lipinski definition) is 9. The average molecular weight is 623 g/mol. The van der Waals surface area contributed by atoms with E-state index in [2.05, 4.69) is 25.8 Å². The minimum atomic E-state index is -4.61. The second-order valence-corrected chi connectivity index (χ2v) is 10.6. The molecule has 0 radical (unpaired) electrons. The van der Waals surface area contributed by atoms with Gasteiger partial charge in [-0.1, -0.05) is 23.7 Å². The van der Waals surface area contributed by atoms with Gasteiger partial charge in [-0.05, 0) is 30.7 Å². The summed E-state index contributed by atoms with van der Waals surface area (Å²) in [5.74, 6) is 0.492. The number of benzene rings is 1. The predicted molar refractivity (Wildman–Crippen MR) is 144 cm³/mol. The molecule has 2 heterocycles. The van der Waals surface area contributed by atoms with E-state index in [-0.39, 0.29) is 36.5 Å². The molecule has 1 aromatic heterocycles. The summed E-state index contributed by atoms with van der Waals surface area (Å²) in [6, 6.07) is 5.88. The third kappa shape index (κ3) is 10.0. The molecule has 0 aliphatic carbocycles. The molecule has 11 nitrogen and oxygen atoms in total. The van der Waals surface area contributed by atoms with Gasteiger partial charge in [-0.25, -0.2) is 9.78 Å². The van der Waals surface area contributed by atoms with Gasteiger partial charge in [-0.2, -0.15) is 26.3 Å². The molecule has 1 aliphatic heterocycles. The van der Waals surface area contributed by atoms with E-state index in [1.807, 2.05) is 4.90 Å². The number of hydrogen-bond donors (Lipinski definition) is 2. The van der Waals surface area contributed by atoms with Crippen molar-refractivity contribution in [3.8, 4) is 17.4 Å². The molecule has 3 rings (SSSR count). The Morgan fingerprint density at radius 3 is 2.76 bits per heavy atom. The fourth-order valence-electron chi connectivity index (χ4n) is 3.97. The van der Waals surface area contributed by atoms with E-state index in [0.717, 1.165) is 11.6 Å². The first-order chi connectivity index (χ1) is 19.4. The van der Waals surface area contributed by atoms with E-state index < -0.39 is 28.1 Å². The highest BCUT2D eigenvalue weighted by molar-refractivity contribution is 7.85. The molecule has 1 aromatic carbocycles. The second-order valence-electron chi connectivity index (χ2n) is 8.83. The Bertz CT molecular complexity index is 1310. The zero-order chi connectivity index (χ0) is 30.0. The van der Waals surface area contributed by atoms with Gasteiger partial charge >= 0.3 is 22.6 Å². The molecule has 0 spiro atoms. The van der Waals surface area contributed by atoms with Crippen molar-refractivity contribution in [3.05, 3.63) is 59.3 Å². The normalized spacial score (nSPS) is 15.9. The van der Waals surface area contributed by atoms with E-state index in [4.69, 9.17) is 25.8 Å². The minimum absolute atomic E-state index is 0.00942. The van der Waals surface area contributed by atoms with Crippen LogP contribution in [0.5, 0.6) is 17.4 Å². The SMILES string of the molecule is C=CCNC(=O)OS(=O)(=O)NCCN1CCC(c2ccc(OCCOC)cc2Oc2ncc(C(F)(F)F)cc2Cl)C1. The smallest absolute Gasteiger partial charge is 0.423 e. The van der Waals surface area contributed by atoms with Crippen LogP contribution in [0.2, 0.25) is 5.02 Å². The van der Waals surface area contributed by atoms with Crippen LogP contribution in [0, 0.1) is 0 Å². The Morgan fingerprint density at radius 1 is 1.29 bits per heavy atom. The van der Waals surface area contributed by atoms with Crippen molar-refractivity contribution in [1.29, 1.82) is 0 Å². The van der Waals surface area contributed by atoms with Gasteiger partial charge in [0.25, 0.3) is 0 Å². The number of rotatable bonds is 14. The first-order valence-corrected chi connectivity index (χ1v) is 14.2. The second kappa shape index (κ2) is 14.7. The van der Waals surface area contributed by atoms with Gasteiger partial charge in [0.15, 0.2) is 0 Å². The van der Waals surface area contributed by atoms with Crippen LogP contribution < -0.4 is 19.5 Å². The topological polar surface area (TPSA) is 128 Å². The van der Waals surface area contributed by atoms with E-state index in [0.29, 0.717) is 50.4 Å². The molecule has 2 N–H and O–H groups in total. The van der Waals surface area contributed by atoms with Gasteiger partial charge in [0.05, 0.1) is 12.2 Å². The number of pyridine rings is 1. The summed E-state index contributed by atoms with van der Waals surface area (Å²) in [7, 11) is -2.76. The number of ether oxygens (including phenoxy) is 3. The summed E-state index contributed by atoms with van der Waals surface area (Å²) < 4.78 is 86.2. The number of alkyl halides is 3. The molecule has 1 amide bonds. The van der Waals surface area contributed by atoms with Gasteiger partial charge in [0.2, 0.25) is 5.88 Å². The predicted octanol–water partition coefficient (Wildman–Crippen LogP) is 4.11. The number of nitrogens with one attached hydrogen (secondary N) is 2. The lowest BCUT2D eigenvalue weighted by Gasteiger charge is -2.19. The molecule has 1 saturated heterocycles. The highest BCUT2D eigenvalue weighted by Gasteiger charge is 2.32. The van der Waals surface area contributed by atoms with Gasteiger partial charge in [-0.3, -0.25) is 0 Å². The van der Waals surface area contributed by atoms with Crippen LogP contribution in [0.1, 0.15) is 23.5 Å². The van der Waals surface area contributed by atoms with Crippen molar-refractivity contribution in [2.75, 3.05) is 53.0 Å². The van der Waals surface area contributed by atoms with Crippen molar-refractivity contribution in [2.24, 2.45) is 0 Å². The number of amides is 1. The molecule has 1 atom stereocenters. The fourth-order valence-corrected chi connectivity index (χ4v) is 4.83. The molecule has 2 aromatic rings. The van der Waals surface area contributed by atoms with Crippen molar-refractivity contribution in [3.63, 3.8) is 0 Å². The Balaban J connectivity index is 1.69. The van der Waals surface area contributed by atoms with Gasteiger partial charge < -0.3 is 28.6 Å². The fraction of sp³-hybridized carbons (Fsp3) is 0.440. The molecule has 0 saturated carbocycles. The highest BCUT2D eigenvalue weighted by atomic mass is 35.5. The largest absolute Gasteiger partial charge is 0.491 e. The molecular formula is C25H30ClF3N4O7S. The van der Waals surface area contributed by atoms with E-state index >= 15 is 0 Å². The van der Waals surface area contributed by atoms with Gasteiger partial charge in [0, 0.05) is 51.5 Å². The van der Waals surface area contributed by atoms with Crippen molar-refractivity contribution >= 4 is 28.0 Å². The molecule has 16 heteroatoms. The van der Waals surface area contributed by atoms with Crippen molar-refractivity contribution in [1.82, 2.24) is 19.9 Å². The Morgan fingerprint density at radius 2 is 2.07 bits per heavy atom. The van der Waals surface area contributed by atoms with Crippen LogP contribution >= 0.6 is 11.6 Å². The number of carbonyl (C=O) groups excluding carboxylic acids is 1. The Labute approximate surface area is 240 Å². The zero-order valence-corrected chi connectivity index (χ0v) is 23.7. The van der Waals surface area contributed by atoms with Crippen LogP contribution in [0.15, 0.2) is 43.1 Å². The van der Waals surface area contributed by atoms with Gasteiger partial charge in [0.1, 0.15) is 23.1 Å². The minimum Gasteiger partial charge on any atom is -0.491 e. The summed E-state index contributed by atoms with van der Waals surface area (Å²) in [6.45, 7) is 5.53. The molecule has 1 aliphatic rings. The molecular weight excluding hydrogens is 593 g/mol. The molecule has 41 heavy (non-hydrogen) atoms. The summed E-state index contributed by atoms with van der Waals surface area (Å²) in [5.41, 5.74) is -0.260. The lowest BCUT2D eigenvalue weighted by atomic mass is 9.97. The first-order valence-electron chi connectivity index (χ1n) is 12.4. The first kappa shape index (κ1) is 32.4. The Hall–Kier alpha value is -3.11. The van der Waals surface area contributed by atoms with Crippen LogP contribution in [0.3, 0.4) is 0 Å². The quantitative estimate of drug-likeness (QED) is 0.236. The van der Waals surface area contributed by atoms with Crippen molar-refractivity contribution in [2.45, 2.75) is 18.5 Å². The Kier molecular flexibility index (Phi) is 11.6. The monoisotopic (exact) mass is 622 g/mol. The number of aromatic nitrogens is 1. The maximum absolute atomic E-state index is 13.0. The number of nitrogens with zero attached hydrogens (tertiary/aromatic N) is 2. The van der Waals surface area contributed by atoms with Crippen molar-refractivity contribution < 1.29 is 44.8 Å². The van der Waals surface area contributed by atoms with E-state index in [1.165, 1.54) is 13.2 Å². The van der Waals surface area contributed by atoms with E-state index in [1.54, 1.807) is 18.2 Å². The molecule has 0 bridgehead atoms. The maximum atomic E-state index is 13.0. The van der Waals surface area contributed by atoms with Crippen LogP contribution in [-0.2, 0) is 25.4 Å². The molecule has 1 fully saturated rings. The summed E-state index contributed by atoms with van der Waals surface area (Å²) in [5, 5.41) is 1.89. The van der Waals surface area contributed by atoms with Gasteiger partial charge in [-0.15, -0.1) is 6.58 Å². The van der Waals surface area contributed by atoms with E-state index in [9.17, 15) is 26.4 Å². The molecule has 226 valence electrons. The summed E-state index contributed by atoms with van der Waals surface area (Å²) in [6.07, 6.45) is -3.03. The third-order valence-electron chi connectivity index (χ3n) is 5.88. The number of halogens is 4.